The van der Waals surface area contributed by atoms with Gasteiger partial charge in [0.2, 0.25) is 0 Å². The second-order valence-electron chi connectivity index (χ2n) is 3.06. The van der Waals surface area contributed by atoms with Crippen molar-refractivity contribution in [3.63, 3.8) is 0 Å². The van der Waals surface area contributed by atoms with Gasteiger partial charge in [0.25, 0.3) is 0 Å². The molecule has 2 rings (SSSR count). The zero-order chi connectivity index (χ0) is 10.3. The molecule has 1 aromatic heterocycles. The molecule has 1 aromatic carbocycles. The van der Waals surface area contributed by atoms with Crippen LogP contribution in [0.5, 0.6) is 5.75 Å². The molecule has 0 spiro atoms. The van der Waals surface area contributed by atoms with Crippen LogP contribution in [0.4, 0.5) is 0 Å². The van der Waals surface area contributed by atoms with Crippen molar-refractivity contribution < 1.29 is 4.84 Å². The molecular weight excluding hydrogens is 188 g/mol. The number of hydrogen-bond acceptors (Lipinski definition) is 3. The number of rotatable bonds is 4. The van der Waals surface area contributed by atoms with Crippen molar-refractivity contribution in [2.75, 3.05) is 0 Å². The first-order valence-corrected chi connectivity index (χ1v) is 4.80. The fourth-order valence-electron chi connectivity index (χ4n) is 1.18. The number of pyridine rings is 1. The van der Waals surface area contributed by atoms with Crippen molar-refractivity contribution in [1.29, 1.82) is 0 Å². The molecule has 0 radical (unpaired) electrons. The molecule has 0 bridgehead atoms. The Balaban J connectivity index is 1.81. The molecule has 0 fully saturated rings. The number of hydroxylamine groups is 1. The van der Waals surface area contributed by atoms with E-state index in [9.17, 15) is 0 Å². The van der Waals surface area contributed by atoms with Crippen LogP contribution < -0.4 is 10.3 Å². The third-order valence-corrected chi connectivity index (χ3v) is 1.91. The average molecular weight is 200 g/mol. The molecule has 1 heterocycles. The Hall–Kier alpha value is -1.87. The van der Waals surface area contributed by atoms with E-state index in [-0.39, 0.29) is 0 Å². The molecule has 0 saturated carbocycles. The zero-order valence-corrected chi connectivity index (χ0v) is 8.26. The molecule has 76 valence electrons. The molecule has 0 aliphatic carbocycles. The molecule has 2 aromatic rings. The van der Waals surface area contributed by atoms with Gasteiger partial charge >= 0.3 is 0 Å². The lowest BCUT2D eigenvalue weighted by Gasteiger charge is -2.05. The van der Waals surface area contributed by atoms with Crippen LogP contribution in [0.25, 0.3) is 0 Å². The van der Waals surface area contributed by atoms with E-state index in [1.54, 1.807) is 6.20 Å². The number of para-hydroxylation sites is 1. The highest BCUT2D eigenvalue weighted by Gasteiger charge is 1.93. The summed E-state index contributed by atoms with van der Waals surface area (Å²) < 4.78 is 0. The smallest absolute Gasteiger partial charge is 0.147 e. The zero-order valence-electron chi connectivity index (χ0n) is 8.26. The quantitative estimate of drug-likeness (QED) is 0.768. The maximum atomic E-state index is 5.32. The minimum Gasteiger partial charge on any atom is -0.408 e. The third kappa shape index (κ3) is 3.07. The Morgan fingerprint density at radius 2 is 1.80 bits per heavy atom. The largest absolute Gasteiger partial charge is 0.408 e. The van der Waals surface area contributed by atoms with Gasteiger partial charge in [-0.1, -0.05) is 24.3 Å². The number of benzene rings is 1. The van der Waals surface area contributed by atoms with Gasteiger partial charge < -0.3 is 4.84 Å². The van der Waals surface area contributed by atoms with Crippen molar-refractivity contribution >= 4 is 0 Å². The van der Waals surface area contributed by atoms with E-state index in [1.807, 2.05) is 48.5 Å². The van der Waals surface area contributed by atoms with Crippen LogP contribution >= 0.6 is 0 Å². The van der Waals surface area contributed by atoms with Crippen molar-refractivity contribution in [3.8, 4) is 5.75 Å². The van der Waals surface area contributed by atoms with Crippen molar-refractivity contribution in [2.24, 2.45) is 0 Å². The lowest BCUT2D eigenvalue weighted by atomic mass is 10.3. The average Bonchev–Trinajstić information content (AvgIpc) is 2.32. The van der Waals surface area contributed by atoms with E-state index < -0.39 is 0 Å². The van der Waals surface area contributed by atoms with Crippen LogP contribution in [0.3, 0.4) is 0 Å². The molecule has 15 heavy (non-hydrogen) atoms. The van der Waals surface area contributed by atoms with Crippen LogP contribution in [-0.2, 0) is 6.54 Å². The second kappa shape index (κ2) is 5.12. The fourth-order valence-corrected chi connectivity index (χ4v) is 1.18. The second-order valence-corrected chi connectivity index (χ2v) is 3.06. The normalized spacial score (nSPS) is 9.87. The summed E-state index contributed by atoms with van der Waals surface area (Å²) in [5.74, 6) is 0.799. The van der Waals surface area contributed by atoms with Crippen molar-refractivity contribution in [1.82, 2.24) is 10.5 Å². The molecule has 0 unspecified atom stereocenters. The number of hydrogen-bond donors (Lipinski definition) is 1. The van der Waals surface area contributed by atoms with Gasteiger partial charge in [0.1, 0.15) is 5.75 Å². The van der Waals surface area contributed by atoms with Crippen LogP contribution in [0.2, 0.25) is 0 Å². The SMILES string of the molecule is c1ccc(ONCc2ccccn2)cc1. The highest BCUT2D eigenvalue weighted by atomic mass is 16.6. The maximum Gasteiger partial charge on any atom is 0.147 e. The summed E-state index contributed by atoms with van der Waals surface area (Å²) in [5.41, 5.74) is 3.81. The summed E-state index contributed by atoms with van der Waals surface area (Å²) in [6, 6.07) is 15.4. The van der Waals surface area contributed by atoms with Crippen molar-refractivity contribution in [2.45, 2.75) is 6.54 Å². The van der Waals surface area contributed by atoms with E-state index in [2.05, 4.69) is 10.5 Å². The number of aromatic nitrogens is 1. The number of nitrogens with one attached hydrogen (secondary N) is 1. The van der Waals surface area contributed by atoms with E-state index in [0.29, 0.717) is 6.54 Å². The number of nitrogens with zero attached hydrogens (tertiary/aromatic N) is 1. The lowest BCUT2D eigenvalue weighted by Crippen LogP contribution is -2.18. The van der Waals surface area contributed by atoms with Gasteiger partial charge in [-0.3, -0.25) is 4.98 Å². The van der Waals surface area contributed by atoms with Crippen LogP contribution in [0.15, 0.2) is 54.7 Å². The third-order valence-electron chi connectivity index (χ3n) is 1.91. The monoisotopic (exact) mass is 200 g/mol. The lowest BCUT2D eigenvalue weighted by molar-refractivity contribution is 0.189. The summed E-state index contributed by atoms with van der Waals surface area (Å²) in [6.07, 6.45) is 1.76. The summed E-state index contributed by atoms with van der Waals surface area (Å²) >= 11 is 0. The Labute approximate surface area is 88.7 Å². The van der Waals surface area contributed by atoms with E-state index >= 15 is 0 Å². The molecular formula is C12H12N2O. The molecule has 3 heteroatoms. The molecule has 0 saturated heterocycles. The summed E-state index contributed by atoms with van der Waals surface area (Å²) in [7, 11) is 0. The van der Waals surface area contributed by atoms with E-state index in [1.165, 1.54) is 0 Å². The Morgan fingerprint density at radius 3 is 2.53 bits per heavy atom. The van der Waals surface area contributed by atoms with Crippen LogP contribution in [-0.4, -0.2) is 4.98 Å². The Morgan fingerprint density at radius 1 is 1.00 bits per heavy atom. The summed E-state index contributed by atoms with van der Waals surface area (Å²) in [6.45, 7) is 0.593. The first-order valence-electron chi connectivity index (χ1n) is 4.80. The maximum absolute atomic E-state index is 5.32. The minimum atomic E-state index is 0.593. The first-order chi connectivity index (χ1) is 7.45. The van der Waals surface area contributed by atoms with Gasteiger partial charge in [-0.05, 0) is 24.3 Å². The first kappa shape index (κ1) is 9.68. The van der Waals surface area contributed by atoms with Crippen LogP contribution in [0, 0.1) is 0 Å². The minimum absolute atomic E-state index is 0.593. The predicted molar refractivity (Wildman–Crippen MR) is 58.1 cm³/mol. The Bertz CT molecular complexity index is 349. The van der Waals surface area contributed by atoms with Gasteiger partial charge in [0, 0.05) is 6.20 Å². The molecule has 0 aliphatic rings. The van der Waals surface area contributed by atoms with Crippen molar-refractivity contribution in [3.05, 3.63) is 60.4 Å². The van der Waals surface area contributed by atoms with Gasteiger partial charge in [-0.25, -0.2) is 0 Å². The molecule has 1 N–H and O–H groups in total. The summed E-state index contributed by atoms with van der Waals surface area (Å²) in [4.78, 5) is 9.49. The van der Waals surface area contributed by atoms with E-state index in [0.717, 1.165) is 11.4 Å². The Kier molecular flexibility index (Phi) is 3.30. The topological polar surface area (TPSA) is 34.1 Å². The highest BCUT2D eigenvalue weighted by Crippen LogP contribution is 2.06. The van der Waals surface area contributed by atoms with Gasteiger partial charge in [0.15, 0.2) is 0 Å². The molecule has 0 atom stereocenters. The summed E-state index contributed by atoms with van der Waals surface area (Å²) in [5, 5.41) is 0. The van der Waals surface area contributed by atoms with Crippen LogP contribution in [0.1, 0.15) is 5.69 Å². The van der Waals surface area contributed by atoms with Gasteiger partial charge in [-0.15, -0.1) is 0 Å². The molecule has 0 aliphatic heterocycles. The predicted octanol–water partition coefficient (Wildman–Crippen LogP) is 2.17. The highest BCUT2D eigenvalue weighted by molar-refractivity contribution is 5.20. The fraction of sp³-hybridized carbons (Fsp3) is 0.0833. The van der Waals surface area contributed by atoms with Gasteiger partial charge in [-0.2, -0.15) is 5.48 Å². The van der Waals surface area contributed by atoms with Gasteiger partial charge in [0.05, 0.1) is 12.2 Å². The molecule has 3 nitrogen and oxygen atoms in total. The standard InChI is InChI=1S/C12H12N2O/c1-2-7-12(8-3-1)15-14-10-11-6-4-5-9-13-11/h1-9,14H,10H2. The van der Waals surface area contributed by atoms with E-state index in [4.69, 9.17) is 4.84 Å². The molecule has 0 amide bonds.